The summed E-state index contributed by atoms with van der Waals surface area (Å²) in [6, 6.07) is 0. The van der Waals surface area contributed by atoms with Gasteiger partial charge in [0.1, 0.15) is 0 Å². The molecule has 0 amide bonds. The quantitative estimate of drug-likeness (QED) is 0.683. The van der Waals surface area contributed by atoms with Gasteiger partial charge in [-0.25, -0.2) is 0 Å². The molecule has 4 atom stereocenters. The SMILES string of the molecule is C1CC(OCC2CS2)CC(OCC2CS2)C1. The zero-order valence-corrected chi connectivity index (χ0v) is 11.2. The molecule has 0 aromatic heterocycles. The van der Waals surface area contributed by atoms with Crippen LogP contribution in [-0.2, 0) is 9.47 Å². The highest BCUT2D eigenvalue weighted by Gasteiger charge is 2.29. The molecule has 2 nitrogen and oxygen atoms in total. The van der Waals surface area contributed by atoms with Gasteiger partial charge in [-0.3, -0.25) is 0 Å². The van der Waals surface area contributed by atoms with Gasteiger partial charge in [0.05, 0.1) is 25.4 Å². The molecule has 0 aromatic carbocycles. The van der Waals surface area contributed by atoms with Gasteiger partial charge < -0.3 is 9.47 Å². The molecular formula is C12H20O2S2. The predicted octanol–water partition coefficient (Wildman–Crippen LogP) is 2.56. The van der Waals surface area contributed by atoms with E-state index >= 15 is 0 Å². The largest absolute Gasteiger partial charge is 0.377 e. The topological polar surface area (TPSA) is 18.5 Å². The molecule has 16 heavy (non-hydrogen) atoms. The van der Waals surface area contributed by atoms with Gasteiger partial charge in [-0.2, -0.15) is 23.5 Å². The van der Waals surface area contributed by atoms with Crippen molar-refractivity contribution in [3.63, 3.8) is 0 Å². The molecule has 0 aromatic rings. The summed E-state index contributed by atoms with van der Waals surface area (Å²) in [6.45, 7) is 1.95. The van der Waals surface area contributed by atoms with Gasteiger partial charge in [-0.1, -0.05) is 0 Å². The lowest BCUT2D eigenvalue weighted by Crippen LogP contribution is -2.30. The van der Waals surface area contributed by atoms with Crippen molar-refractivity contribution in [1.29, 1.82) is 0 Å². The average Bonchev–Trinajstić information content (AvgIpc) is 3.17. The van der Waals surface area contributed by atoms with Crippen LogP contribution in [0.3, 0.4) is 0 Å². The number of rotatable bonds is 6. The van der Waals surface area contributed by atoms with E-state index in [-0.39, 0.29) is 0 Å². The van der Waals surface area contributed by atoms with Crippen LogP contribution in [0.5, 0.6) is 0 Å². The van der Waals surface area contributed by atoms with Crippen LogP contribution in [0.2, 0.25) is 0 Å². The minimum absolute atomic E-state index is 0.479. The van der Waals surface area contributed by atoms with Gasteiger partial charge in [-0.15, -0.1) is 0 Å². The third-order valence-corrected chi connectivity index (χ3v) is 5.30. The first-order valence-electron chi connectivity index (χ1n) is 6.36. The third-order valence-electron chi connectivity index (χ3n) is 3.42. The van der Waals surface area contributed by atoms with Gasteiger partial charge in [0.2, 0.25) is 0 Å². The molecule has 0 radical (unpaired) electrons. The van der Waals surface area contributed by atoms with Gasteiger partial charge in [-0.05, 0) is 25.7 Å². The molecule has 4 heteroatoms. The highest BCUT2D eigenvalue weighted by Crippen LogP contribution is 2.33. The van der Waals surface area contributed by atoms with Crippen molar-refractivity contribution >= 4 is 23.5 Å². The summed E-state index contributed by atoms with van der Waals surface area (Å²) in [5, 5.41) is 1.62. The lowest BCUT2D eigenvalue weighted by Gasteiger charge is -2.29. The molecule has 2 heterocycles. The zero-order valence-electron chi connectivity index (χ0n) is 9.60. The summed E-state index contributed by atoms with van der Waals surface area (Å²) in [7, 11) is 0. The molecule has 3 rings (SSSR count). The Kier molecular flexibility index (Phi) is 4.03. The standard InChI is InChI=1S/C12H20O2S2/c1-2-9(13-5-11-7-15-11)4-10(3-1)14-6-12-8-16-12/h9-12H,1-8H2. The van der Waals surface area contributed by atoms with Crippen LogP contribution in [0.15, 0.2) is 0 Å². The van der Waals surface area contributed by atoms with Crippen LogP contribution in [0.1, 0.15) is 25.7 Å². The first-order chi connectivity index (χ1) is 7.90. The minimum Gasteiger partial charge on any atom is -0.377 e. The van der Waals surface area contributed by atoms with Crippen LogP contribution >= 0.6 is 23.5 Å². The van der Waals surface area contributed by atoms with Crippen LogP contribution < -0.4 is 0 Å². The third kappa shape index (κ3) is 3.83. The van der Waals surface area contributed by atoms with Crippen molar-refractivity contribution in [2.75, 3.05) is 24.7 Å². The first-order valence-corrected chi connectivity index (χ1v) is 8.46. The van der Waals surface area contributed by atoms with E-state index in [2.05, 4.69) is 0 Å². The number of thioether (sulfide) groups is 2. The van der Waals surface area contributed by atoms with Crippen molar-refractivity contribution in [2.45, 2.75) is 48.4 Å². The molecule has 0 bridgehead atoms. The lowest BCUT2D eigenvalue weighted by molar-refractivity contribution is -0.0406. The summed E-state index contributed by atoms with van der Waals surface area (Å²) in [6.07, 6.45) is 5.86. The van der Waals surface area contributed by atoms with Gasteiger partial charge in [0.25, 0.3) is 0 Å². The Balaban J connectivity index is 1.34. The molecule has 1 saturated carbocycles. The van der Waals surface area contributed by atoms with Crippen LogP contribution in [0.25, 0.3) is 0 Å². The maximum absolute atomic E-state index is 5.95. The summed E-state index contributed by atoms with van der Waals surface area (Å²) >= 11 is 4.04. The smallest absolute Gasteiger partial charge is 0.0600 e. The van der Waals surface area contributed by atoms with E-state index < -0.39 is 0 Å². The number of ether oxygens (including phenoxy) is 2. The van der Waals surface area contributed by atoms with Crippen molar-refractivity contribution in [3.05, 3.63) is 0 Å². The summed E-state index contributed by atoms with van der Waals surface area (Å²) in [5.74, 6) is 2.62. The molecule has 1 aliphatic carbocycles. The Morgan fingerprint density at radius 3 is 1.81 bits per heavy atom. The lowest BCUT2D eigenvalue weighted by atomic mass is 9.95. The molecule has 2 aliphatic heterocycles. The first kappa shape index (κ1) is 11.7. The van der Waals surface area contributed by atoms with E-state index in [0.717, 1.165) is 30.1 Å². The summed E-state index contributed by atoms with van der Waals surface area (Å²) in [4.78, 5) is 0. The molecule has 3 aliphatic rings. The maximum atomic E-state index is 5.95. The molecular weight excluding hydrogens is 240 g/mol. The van der Waals surface area contributed by atoms with Gasteiger partial charge >= 0.3 is 0 Å². The van der Waals surface area contributed by atoms with E-state index in [1.54, 1.807) is 0 Å². The normalized spacial score (nSPS) is 42.0. The Morgan fingerprint density at radius 1 is 0.875 bits per heavy atom. The van der Waals surface area contributed by atoms with Crippen molar-refractivity contribution in [2.24, 2.45) is 0 Å². The second kappa shape index (κ2) is 5.51. The fraction of sp³-hybridized carbons (Fsp3) is 1.00. The van der Waals surface area contributed by atoms with E-state index in [9.17, 15) is 0 Å². The minimum atomic E-state index is 0.479. The summed E-state index contributed by atoms with van der Waals surface area (Å²) < 4.78 is 11.9. The second-order valence-corrected chi connectivity index (χ2v) is 7.65. The van der Waals surface area contributed by atoms with Gasteiger partial charge in [0, 0.05) is 22.0 Å². The molecule has 4 unspecified atom stereocenters. The zero-order chi connectivity index (χ0) is 10.8. The average molecular weight is 260 g/mol. The fourth-order valence-corrected chi connectivity index (χ4v) is 3.03. The van der Waals surface area contributed by atoms with E-state index in [1.165, 1.54) is 30.8 Å². The van der Waals surface area contributed by atoms with Crippen LogP contribution in [-0.4, -0.2) is 47.4 Å². The van der Waals surface area contributed by atoms with E-state index in [0.29, 0.717) is 12.2 Å². The Bertz CT molecular complexity index is 207. The Hall–Kier alpha value is 0.620. The van der Waals surface area contributed by atoms with E-state index in [4.69, 9.17) is 9.47 Å². The maximum Gasteiger partial charge on any atom is 0.0600 e. The van der Waals surface area contributed by atoms with Crippen LogP contribution in [0, 0.1) is 0 Å². The fourth-order valence-electron chi connectivity index (χ4n) is 2.22. The molecule has 2 saturated heterocycles. The second-order valence-electron chi connectivity index (χ2n) is 4.99. The van der Waals surface area contributed by atoms with Crippen molar-refractivity contribution in [1.82, 2.24) is 0 Å². The molecule has 92 valence electrons. The predicted molar refractivity (Wildman–Crippen MR) is 70.4 cm³/mol. The summed E-state index contributed by atoms with van der Waals surface area (Å²) in [5.41, 5.74) is 0. The van der Waals surface area contributed by atoms with Crippen LogP contribution in [0.4, 0.5) is 0 Å². The molecule has 0 N–H and O–H groups in total. The highest BCUT2D eigenvalue weighted by atomic mass is 32.2. The van der Waals surface area contributed by atoms with Gasteiger partial charge in [0.15, 0.2) is 0 Å². The van der Waals surface area contributed by atoms with Crippen molar-refractivity contribution < 1.29 is 9.47 Å². The van der Waals surface area contributed by atoms with E-state index in [1.807, 2.05) is 23.5 Å². The monoisotopic (exact) mass is 260 g/mol. The number of hydrogen-bond donors (Lipinski definition) is 0. The Labute approximate surface area is 106 Å². The molecule has 3 fully saturated rings. The highest BCUT2D eigenvalue weighted by molar-refractivity contribution is 8.07. The number of hydrogen-bond acceptors (Lipinski definition) is 4. The molecule has 0 spiro atoms. The Morgan fingerprint density at radius 2 is 1.38 bits per heavy atom. The van der Waals surface area contributed by atoms with Crippen molar-refractivity contribution in [3.8, 4) is 0 Å².